The minimum absolute atomic E-state index is 0.101. The summed E-state index contributed by atoms with van der Waals surface area (Å²) in [5.41, 5.74) is 0.509. The highest BCUT2D eigenvalue weighted by atomic mass is 32.2. The Bertz CT molecular complexity index is 808. The summed E-state index contributed by atoms with van der Waals surface area (Å²) in [7, 11) is -3.58. The molecule has 2 aliphatic rings. The molecule has 8 heteroatoms. The van der Waals surface area contributed by atoms with Crippen molar-refractivity contribution in [1.82, 2.24) is 4.31 Å². The number of rotatable bonds is 6. The van der Waals surface area contributed by atoms with Crippen LogP contribution in [-0.4, -0.2) is 57.0 Å². The predicted octanol–water partition coefficient (Wildman–Crippen LogP) is 1.42. The summed E-state index contributed by atoms with van der Waals surface area (Å²) in [5.74, 6) is 1.17. The molecule has 3 rings (SSSR count). The molecule has 2 fully saturated rings. The van der Waals surface area contributed by atoms with Crippen LogP contribution in [0.4, 0.5) is 5.69 Å². The first-order valence-electron chi connectivity index (χ1n) is 10.6. The number of ether oxygens (including phenoxy) is 1. The highest BCUT2D eigenvalue weighted by Crippen LogP contribution is 2.27. The number of benzene rings is 1. The van der Waals surface area contributed by atoms with Crippen molar-refractivity contribution in [3.8, 4) is 0 Å². The molecule has 0 radical (unpaired) electrons. The number of carbonyl (C=O) groups excluding carboxylic acids is 1. The SMILES string of the molecule is C[C@H]1[C@@H]([NH2+][C@@H](C)C(=O)Nc2cccc(S(=O)(=O)N3CCOCC3)c2)CCC[C@@H]1C. The van der Waals surface area contributed by atoms with E-state index in [4.69, 9.17) is 4.74 Å². The van der Waals surface area contributed by atoms with Gasteiger partial charge in [-0.3, -0.25) is 4.79 Å². The predicted molar refractivity (Wildman–Crippen MR) is 112 cm³/mol. The second kappa shape index (κ2) is 9.55. The quantitative estimate of drug-likeness (QED) is 0.722. The van der Waals surface area contributed by atoms with E-state index in [2.05, 4.69) is 24.5 Å². The van der Waals surface area contributed by atoms with Crippen molar-refractivity contribution < 1.29 is 23.3 Å². The van der Waals surface area contributed by atoms with E-state index in [1.807, 2.05) is 6.92 Å². The zero-order chi connectivity index (χ0) is 21.0. The average molecular weight is 425 g/mol. The number of sulfonamides is 1. The van der Waals surface area contributed by atoms with Gasteiger partial charge in [0, 0.05) is 24.7 Å². The molecule has 1 saturated heterocycles. The van der Waals surface area contributed by atoms with Crippen molar-refractivity contribution in [2.75, 3.05) is 31.6 Å². The van der Waals surface area contributed by atoms with Crippen molar-refractivity contribution in [2.24, 2.45) is 11.8 Å². The third-order valence-electron chi connectivity index (χ3n) is 6.43. The van der Waals surface area contributed by atoms with Gasteiger partial charge in [-0.25, -0.2) is 8.42 Å². The van der Waals surface area contributed by atoms with Crippen LogP contribution < -0.4 is 10.6 Å². The molecule has 1 aliphatic carbocycles. The molecule has 1 amide bonds. The van der Waals surface area contributed by atoms with Crippen LogP contribution in [0.2, 0.25) is 0 Å². The van der Waals surface area contributed by atoms with Gasteiger partial charge in [-0.2, -0.15) is 4.31 Å². The molecular formula is C21H34N3O4S+. The second-order valence-corrected chi connectivity index (χ2v) is 10.4. The molecule has 29 heavy (non-hydrogen) atoms. The van der Waals surface area contributed by atoms with E-state index in [-0.39, 0.29) is 16.8 Å². The number of hydrogen-bond acceptors (Lipinski definition) is 4. The zero-order valence-corrected chi connectivity index (χ0v) is 18.5. The number of quaternary nitrogens is 1. The van der Waals surface area contributed by atoms with Crippen LogP contribution in [0.3, 0.4) is 0 Å². The van der Waals surface area contributed by atoms with Gasteiger partial charge >= 0.3 is 0 Å². The minimum Gasteiger partial charge on any atom is -0.379 e. The number of amides is 1. The molecule has 1 aliphatic heterocycles. The van der Waals surface area contributed by atoms with Crippen LogP contribution in [0, 0.1) is 11.8 Å². The topological polar surface area (TPSA) is 92.3 Å². The summed E-state index contributed by atoms with van der Waals surface area (Å²) in [4.78, 5) is 12.9. The lowest BCUT2D eigenvalue weighted by Crippen LogP contribution is -2.97. The van der Waals surface area contributed by atoms with Crippen molar-refractivity contribution in [3.63, 3.8) is 0 Å². The van der Waals surface area contributed by atoms with E-state index in [0.29, 0.717) is 49.9 Å². The van der Waals surface area contributed by atoms with E-state index < -0.39 is 10.0 Å². The van der Waals surface area contributed by atoms with E-state index in [1.54, 1.807) is 24.3 Å². The first-order valence-corrected chi connectivity index (χ1v) is 12.1. The maximum absolute atomic E-state index is 12.8. The van der Waals surface area contributed by atoms with Gasteiger partial charge in [0.2, 0.25) is 10.0 Å². The Kier molecular flexibility index (Phi) is 7.32. The molecule has 0 bridgehead atoms. The summed E-state index contributed by atoms with van der Waals surface area (Å²) in [6.45, 7) is 7.98. The number of morpholine rings is 1. The molecular weight excluding hydrogens is 390 g/mol. The fourth-order valence-electron chi connectivity index (χ4n) is 4.28. The van der Waals surface area contributed by atoms with Crippen LogP contribution in [0.15, 0.2) is 29.2 Å². The standard InChI is InChI=1S/C21H33N3O4S/c1-15-6-4-9-20(16(15)2)22-17(3)21(25)23-18-7-5-8-19(14-18)29(26,27)24-10-12-28-13-11-24/h5,7-8,14-17,20,22H,4,6,9-13H2,1-3H3,(H,23,25)/p+1/t15-,16+,17-,20-/m0/s1. The molecule has 1 aromatic carbocycles. The highest BCUT2D eigenvalue weighted by Gasteiger charge is 2.32. The molecule has 3 N–H and O–H groups in total. The largest absolute Gasteiger partial charge is 0.379 e. The third-order valence-corrected chi connectivity index (χ3v) is 8.32. The maximum Gasteiger partial charge on any atom is 0.282 e. The van der Waals surface area contributed by atoms with Gasteiger partial charge in [-0.1, -0.05) is 19.9 Å². The number of carbonyl (C=O) groups is 1. The molecule has 0 spiro atoms. The lowest BCUT2D eigenvalue weighted by Gasteiger charge is -2.33. The van der Waals surface area contributed by atoms with E-state index in [0.717, 1.165) is 6.42 Å². The van der Waals surface area contributed by atoms with E-state index in [9.17, 15) is 13.2 Å². The van der Waals surface area contributed by atoms with Crippen molar-refractivity contribution in [3.05, 3.63) is 24.3 Å². The van der Waals surface area contributed by atoms with Gasteiger partial charge < -0.3 is 15.4 Å². The Morgan fingerprint density at radius 2 is 1.97 bits per heavy atom. The molecule has 7 nitrogen and oxygen atoms in total. The fraction of sp³-hybridized carbons (Fsp3) is 0.667. The third kappa shape index (κ3) is 5.36. The number of anilines is 1. The highest BCUT2D eigenvalue weighted by molar-refractivity contribution is 7.89. The van der Waals surface area contributed by atoms with Crippen molar-refractivity contribution >= 4 is 21.6 Å². The van der Waals surface area contributed by atoms with Crippen molar-refractivity contribution in [1.29, 1.82) is 0 Å². The minimum atomic E-state index is -3.58. The molecule has 162 valence electrons. The average Bonchev–Trinajstić information content (AvgIpc) is 2.72. The maximum atomic E-state index is 12.8. The first kappa shape index (κ1) is 22.2. The Hall–Kier alpha value is -1.48. The molecule has 0 unspecified atom stereocenters. The van der Waals surface area contributed by atoms with Crippen LogP contribution >= 0.6 is 0 Å². The van der Waals surface area contributed by atoms with Gasteiger partial charge in [0.1, 0.15) is 0 Å². The number of nitrogens with two attached hydrogens (primary N) is 1. The Morgan fingerprint density at radius 1 is 1.24 bits per heavy atom. The van der Waals surface area contributed by atoms with Gasteiger partial charge in [0.15, 0.2) is 6.04 Å². The van der Waals surface area contributed by atoms with Gasteiger partial charge in [0.05, 0.1) is 24.2 Å². The lowest BCUT2D eigenvalue weighted by atomic mass is 9.78. The molecule has 1 saturated carbocycles. The smallest absolute Gasteiger partial charge is 0.282 e. The monoisotopic (exact) mass is 424 g/mol. The van der Waals surface area contributed by atoms with Crippen LogP contribution in [0.5, 0.6) is 0 Å². The number of nitrogens with one attached hydrogen (secondary N) is 1. The second-order valence-electron chi connectivity index (χ2n) is 8.45. The summed E-state index contributed by atoms with van der Waals surface area (Å²) in [6.07, 6.45) is 3.61. The van der Waals surface area contributed by atoms with E-state index >= 15 is 0 Å². The summed E-state index contributed by atoms with van der Waals surface area (Å²) in [6, 6.07) is 6.73. The Balaban J connectivity index is 1.64. The van der Waals surface area contributed by atoms with Gasteiger partial charge in [-0.05, 0) is 50.3 Å². The Morgan fingerprint density at radius 3 is 2.69 bits per heavy atom. The zero-order valence-electron chi connectivity index (χ0n) is 17.6. The Labute approximate surface area is 174 Å². The van der Waals surface area contributed by atoms with Gasteiger partial charge in [0.25, 0.3) is 5.91 Å². The molecule has 1 aromatic rings. The number of hydrogen-bond donors (Lipinski definition) is 2. The molecule has 0 aromatic heterocycles. The normalized spacial score (nSPS) is 27.3. The summed E-state index contributed by atoms with van der Waals surface area (Å²) in [5, 5.41) is 5.07. The summed E-state index contributed by atoms with van der Waals surface area (Å²) >= 11 is 0. The van der Waals surface area contributed by atoms with Crippen LogP contribution in [0.1, 0.15) is 40.0 Å². The van der Waals surface area contributed by atoms with Crippen LogP contribution in [-0.2, 0) is 19.6 Å². The van der Waals surface area contributed by atoms with Gasteiger partial charge in [-0.15, -0.1) is 0 Å². The fourth-order valence-corrected chi connectivity index (χ4v) is 5.73. The van der Waals surface area contributed by atoms with E-state index in [1.165, 1.54) is 17.1 Å². The lowest BCUT2D eigenvalue weighted by molar-refractivity contribution is -0.715. The number of nitrogens with zero attached hydrogens (tertiary/aromatic N) is 1. The molecule has 4 atom stereocenters. The first-order chi connectivity index (χ1) is 13.8. The summed E-state index contributed by atoms with van der Waals surface area (Å²) < 4.78 is 32.4. The van der Waals surface area contributed by atoms with Crippen LogP contribution in [0.25, 0.3) is 0 Å². The molecule has 1 heterocycles. The van der Waals surface area contributed by atoms with Crippen molar-refractivity contribution in [2.45, 2.75) is 57.0 Å².